The van der Waals surface area contributed by atoms with Crippen molar-refractivity contribution in [3.63, 3.8) is 0 Å². The largest absolute Gasteiger partial charge is 0.368 e. The molecule has 5 heteroatoms. The smallest absolute Gasteiger partial charge is 0.183 e. The molecule has 4 nitrogen and oxygen atoms in total. The zero-order chi connectivity index (χ0) is 11.9. The van der Waals surface area contributed by atoms with Gasteiger partial charge in [0.2, 0.25) is 0 Å². The molecular weight excluding hydrogens is 224 g/mol. The van der Waals surface area contributed by atoms with Crippen LogP contribution in [0, 0.1) is 25.2 Å². The van der Waals surface area contributed by atoms with Crippen molar-refractivity contribution in [3.8, 4) is 6.07 Å². The normalized spacial score (nSPS) is 21.7. The number of hydrogen-bond donors (Lipinski definition) is 1. The average Bonchev–Trinajstić information content (AvgIpc) is 2.21. The third kappa shape index (κ3) is 1.55. The number of aryl methyl sites for hydroxylation is 2. The molecule has 1 aromatic carbocycles. The lowest BCUT2D eigenvalue weighted by Gasteiger charge is -2.25. The van der Waals surface area contributed by atoms with Crippen LogP contribution >= 0.6 is 0 Å². The van der Waals surface area contributed by atoms with Crippen LogP contribution < -0.4 is 5.32 Å². The number of nitriles is 1. The van der Waals surface area contributed by atoms with Crippen molar-refractivity contribution in [2.24, 2.45) is 0 Å². The van der Waals surface area contributed by atoms with E-state index in [0.29, 0.717) is 10.6 Å². The minimum absolute atomic E-state index is 0.152. The highest BCUT2D eigenvalue weighted by molar-refractivity contribution is 7.91. The topological polar surface area (TPSA) is 70.0 Å². The van der Waals surface area contributed by atoms with Crippen LogP contribution in [0.3, 0.4) is 0 Å². The van der Waals surface area contributed by atoms with E-state index >= 15 is 0 Å². The molecule has 0 spiro atoms. The van der Waals surface area contributed by atoms with Crippen molar-refractivity contribution in [1.29, 1.82) is 5.26 Å². The predicted octanol–water partition coefficient (Wildman–Crippen LogP) is 1.39. The van der Waals surface area contributed by atoms with Gasteiger partial charge < -0.3 is 5.32 Å². The summed E-state index contributed by atoms with van der Waals surface area (Å²) in [5.74, 6) is -0.152. The van der Waals surface area contributed by atoms with E-state index in [1.807, 2.05) is 19.1 Å². The van der Waals surface area contributed by atoms with Gasteiger partial charge in [0.05, 0.1) is 22.4 Å². The molecule has 0 aliphatic carbocycles. The molecule has 1 unspecified atom stereocenters. The number of hydrogen-bond acceptors (Lipinski definition) is 4. The first-order chi connectivity index (χ1) is 7.45. The first-order valence-corrected chi connectivity index (χ1v) is 6.60. The van der Waals surface area contributed by atoms with E-state index in [1.165, 1.54) is 0 Å². The highest BCUT2D eigenvalue weighted by atomic mass is 32.2. The first-order valence-electron chi connectivity index (χ1n) is 4.95. The van der Waals surface area contributed by atoms with E-state index in [1.54, 1.807) is 13.0 Å². The van der Waals surface area contributed by atoms with Gasteiger partial charge in [-0.2, -0.15) is 5.26 Å². The Kier molecular flexibility index (Phi) is 2.39. The van der Waals surface area contributed by atoms with Crippen LogP contribution in [-0.4, -0.2) is 20.2 Å². The minimum atomic E-state index is -3.34. The van der Waals surface area contributed by atoms with Gasteiger partial charge in [0.1, 0.15) is 6.04 Å². The second kappa shape index (κ2) is 3.49. The SMILES string of the molecule is Cc1ccc(C)c2c1NC(C#N)CS2(=O)=O. The van der Waals surface area contributed by atoms with E-state index in [2.05, 4.69) is 5.32 Å². The van der Waals surface area contributed by atoms with Crippen LogP contribution in [0.25, 0.3) is 0 Å². The third-order valence-electron chi connectivity index (χ3n) is 2.73. The van der Waals surface area contributed by atoms with Gasteiger partial charge in [0.25, 0.3) is 0 Å². The van der Waals surface area contributed by atoms with Crippen LogP contribution in [0.15, 0.2) is 17.0 Å². The van der Waals surface area contributed by atoms with Crippen molar-refractivity contribution in [3.05, 3.63) is 23.3 Å². The molecule has 0 radical (unpaired) electrons. The van der Waals surface area contributed by atoms with Crippen molar-refractivity contribution in [2.45, 2.75) is 24.8 Å². The molecule has 0 fully saturated rings. The van der Waals surface area contributed by atoms with Crippen molar-refractivity contribution in [2.75, 3.05) is 11.1 Å². The van der Waals surface area contributed by atoms with Gasteiger partial charge in [0.15, 0.2) is 9.84 Å². The summed E-state index contributed by atoms with van der Waals surface area (Å²) in [5, 5.41) is 11.8. The van der Waals surface area contributed by atoms with E-state index in [4.69, 9.17) is 5.26 Å². The van der Waals surface area contributed by atoms with Gasteiger partial charge in [-0.25, -0.2) is 8.42 Å². The summed E-state index contributed by atoms with van der Waals surface area (Å²) in [5.41, 5.74) is 2.16. The molecule has 84 valence electrons. The van der Waals surface area contributed by atoms with Crippen LogP contribution in [0.2, 0.25) is 0 Å². The summed E-state index contributed by atoms with van der Waals surface area (Å²) in [7, 11) is -3.34. The fourth-order valence-corrected chi connectivity index (χ4v) is 3.81. The Morgan fingerprint density at radius 2 is 2.00 bits per heavy atom. The maximum Gasteiger partial charge on any atom is 0.183 e. The average molecular weight is 236 g/mol. The molecule has 1 aromatic rings. The Bertz CT molecular complexity index is 585. The quantitative estimate of drug-likeness (QED) is 0.739. The monoisotopic (exact) mass is 236 g/mol. The number of benzene rings is 1. The molecule has 1 N–H and O–H groups in total. The summed E-state index contributed by atoms with van der Waals surface area (Å²) in [4.78, 5) is 0.346. The molecule has 0 bridgehead atoms. The van der Waals surface area contributed by atoms with E-state index in [9.17, 15) is 8.42 Å². The Labute approximate surface area is 94.8 Å². The predicted molar refractivity (Wildman–Crippen MR) is 61.0 cm³/mol. The highest BCUT2D eigenvalue weighted by Crippen LogP contribution is 2.33. The summed E-state index contributed by atoms with van der Waals surface area (Å²) in [6.45, 7) is 3.60. The zero-order valence-electron chi connectivity index (χ0n) is 9.11. The molecule has 1 atom stereocenters. The number of nitrogens with one attached hydrogen (secondary N) is 1. The lowest BCUT2D eigenvalue weighted by Crippen LogP contribution is -2.34. The highest BCUT2D eigenvalue weighted by Gasteiger charge is 2.32. The molecule has 1 aliphatic rings. The van der Waals surface area contributed by atoms with E-state index in [-0.39, 0.29) is 5.75 Å². The van der Waals surface area contributed by atoms with Crippen molar-refractivity contribution >= 4 is 15.5 Å². The molecule has 16 heavy (non-hydrogen) atoms. The van der Waals surface area contributed by atoms with Crippen LogP contribution in [0.5, 0.6) is 0 Å². The summed E-state index contributed by atoms with van der Waals surface area (Å²) in [6, 6.07) is 4.95. The zero-order valence-corrected chi connectivity index (χ0v) is 9.93. The Hall–Kier alpha value is -1.54. The van der Waals surface area contributed by atoms with Gasteiger partial charge in [-0.3, -0.25) is 0 Å². The number of anilines is 1. The maximum atomic E-state index is 12.0. The Morgan fingerprint density at radius 1 is 1.38 bits per heavy atom. The van der Waals surface area contributed by atoms with Crippen LogP contribution in [-0.2, 0) is 9.84 Å². The maximum absolute atomic E-state index is 12.0. The number of rotatable bonds is 0. The van der Waals surface area contributed by atoms with Gasteiger partial charge in [-0.1, -0.05) is 12.1 Å². The van der Waals surface area contributed by atoms with Crippen molar-refractivity contribution < 1.29 is 8.42 Å². The fraction of sp³-hybridized carbons (Fsp3) is 0.364. The first kappa shape index (κ1) is 11.0. The molecule has 0 saturated carbocycles. The standard InChI is InChI=1S/C11H12N2O2S/c1-7-3-4-8(2)11-10(7)13-9(5-12)6-16(11,14)15/h3-4,9,13H,6H2,1-2H3. The summed E-state index contributed by atoms with van der Waals surface area (Å²) < 4.78 is 24.0. The molecule has 0 amide bonds. The molecule has 2 rings (SSSR count). The molecule has 1 aliphatic heterocycles. The molecular formula is C11H12N2O2S. The van der Waals surface area contributed by atoms with E-state index < -0.39 is 15.9 Å². The minimum Gasteiger partial charge on any atom is -0.368 e. The number of nitrogens with zero attached hydrogens (tertiary/aromatic N) is 1. The number of sulfone groups is 1. The van der Waals surface area contributed by atoms with Gasteiger partial charge in [-0.05, 0) is 25.0 Å². The van der Waals surface area contributed by atoms with Gasteiger partial charge in [-0.15, -0.1) is 0 Å². The number of fused-ring (bicyclic) bond motifs is 1. The molecule has 1 heterocycles. The van der Waals surface area contributed by atoms with Crippen LogP contribution in [0.4, 0.5) is 5.69 Å². The van der Waals surface area contributed by atoms with E-state index in [0.717, 1.165) is 11.1 Å². The van der Waals surface area contributed by atoms with Gasteiger partial charge in [0, 0.05) is 0 Å². The third-order valence-corrected chi connectivity index (χ3v) is 4.65. The Balaban J connectivity index is 2.74. The second-order valence-corrected chi connectivity index (χ2v) is 5.98. The second-order valence-electron chi connectivity index (χ2n) is 4.01. The summed E-state index contributed by atoms with van der Waals surface area (Å²) >= 11 is 0. The lowest BCUT2D eigenvalue weighted by molar-refractivity contribution is 0.591. The van der Waals surface area contributed by atoms with Crippen LogP contribution in [0.1, 0.15) is 11.1 Å². The molecule has 0 aromatic heterocycles. The molecule has 0 saturated heterocycles. The lowest BCUT2D eigenvalue weighted by atomic mass is 10.1. The van der Waals surface area contributed by atoms with Crippen molar-refractivity contribution in [1.82, 2.24) is 0 Å². The summed E-state index contributed by atoms with van der Waals surface area (Å²) in [6.07, 6.45) is 0. The Morgan fingerprint density at radius 3 is 2.62 bits per heavy atom. The van der Waals surface area contributed by atoms with Gasteiger partial charge >= 0.3 is 0 Å². The fourth-order valence-electron chi connectivity index (χ4n) is 1.95.